The van der Waals surface area contributed by atoms with Gasteiger partial charge >= 0.3 is 0 Å². The van der Waals surface area contributed by atoms with Crippen LogP contribution in [0.1, 0.15) is 37.7 Å². The number of anilines is 1. The van der Waals surface area contributed by atoms with E-state index >= 15 is 0 Å². The molecule has 1 heterocycles. The molecule has 136 valence electrons. The van der Waals surface area contributed by atoms with E-state index in [1.54, 1.807) is 7.05 Å². The molecule has 3 N–H and O–H groups in total. The molecule has 1 atom stereocenters. The van der Waals surface area contributed by atoms with Gasteiger partial charge in [-0.25, -0.2) is 0 Å². The third-order valence-corrected chi connectivity index (χ3v) is 4.88. The number of nitrogens with one attached hydrogen (secondary N) is 3. The van der Waals surface area contributed by atoms with Crippen LogP contribution in [0, 0.1) is 5.92 Å². The molecule has 1 saturated carbocycles. The second-order valence-corrected chi connectivity index (χ2v) is 6.76. The first kappa shape index (κ1) is 17.7. The summed E-state index contributed by atoms with van der Waals surface area (Å²) in [5.41, 5.74) is 1.96. The SMILES string of the molecule is CN=C(NCc1cccc(NC(=O)C2CCC2)c1)NCC1CCCO1. The van der Waals surface area contributed by atoms with Crippen LogP contribution in [-0.4, -0.2) is 38.2 Å². The average molecular weight is 344 g/mol. The van der Waals surface area contributed by atoms with Crippen molar-refractivity contribution in [3.8, 4) is 0 Å². The first-order chi connectivity index (χ1) is 12.2. The Labute approximate surface area is 149 Å². The molecule has 1 aliphatic heterocycles. The molecule has 0 spiro atoms. The highest BCUT2D eigenvalue weighted by molar-refractivity contribution is 5.93. The van der Waals surface area contributed by atoms with Crippen LogP contribution in [0.4, 0.5) is 5.69 Å². The summed E-state index contributed by atoms with van der Waals surface area (Å²) in [4.78, 5) is 16.3. The lowest BCUT2D eigenvalue weighted by Gasteiger charge is -2.24. The van der Waals surface area contributed by atoms with Crippen molar-refractivity contribution < 1.29 is 9.53 Å². The number of hydrogen-bond donors (Lipinski definition) is 3. The molecule has 25 heavy (non-hydrogen) atoms. The van der Waals surface area contributed by atoms with Crippen LogP contribution in [0.2, 0.25) is 0 Å². The maximum absolute atomic E-state index is 12.1. The molecular weight excluding hydrogens is 316 g/mol. The van der Waals surface area contributed by atoms with Gasteiger partial charge in [0.05, 0.1) is 6.10 Å². The molecule has 1 saturated heterocycles. The van der Waals surface area contributed by atoms with E-state index in [1.165, 1.54) is 6.42 Å². The van der Waals surface area contributed by atoms with Crippen LogP contribution in [0.15, 0.2) is 29.3 Å². The number of benzene rings is 1. The minimum atomic E-state index is 0.144. The molecule has 1 aromatic carbocycles. The summed E-state index contributed by atoms with van der Waals surface area (Å²) in [5.74, 6) is 1.10. The minimum Gasteiger partial charge on any atom is -0.376 e. The van der Waals surface area contributed by atoms with Crippen LogP contribution < -0.4 is 16.0 Å². The smallest absolute Gasteiger partial charge is 0.227 e. The number of ether oxygens (including phenoxy) is 1. The molecule has 0 bridgehead atoms. The highest BCUT2D eigenvalue weighted by Crippen LogP contribution is 2.27. The van der Waals surface area contributed by atoms with Crippen molar-refractivity contribution in [3.05, 3.63) is 29.8 Å². The molecule has 1 amide bonds. The first-order valence-electron chi connectivity index (χ1n) is 9.20. The normalized spacial score (nSPS) is 20.8. The van der Waals surface area contributed by atoms with Crippen molar-refractivity contribution in [2.75, 3.05) is 25.5 Å². The third kappa shape index (κ3) is 5.19. The summed E-state index contributed by atoms with van der Waals surface area (Å²) in [7, 11) is 1.76. The van der Waals surface area contributed by atoms with Gasteiger partial charge in [0.1, 0.15) is 0 Å². The van der Waals surface area contributed by atoms with Crippen LogP contribution in [0.25, 0.3) is 0 Å². The Kier molecular flexibility index (Phi) is 6.28. The molecule has 1 aromatic rings. The highest BCUT2D eigenvalue weighted by atomic mass is 16.5. The highest BCUT2D eigenvalue weighted by Gasteiger charge is 2.25. The molecule has 1 aliphatic carbocycles. The van der Waals surface area contributed by atoms with Crippen LogP contribution >= 0.6 is 0 Å². The summed E-state index contributed by atoms with van der Waals surface area (Å²) >= 11 is 0. The van der Waals surface area contributed by atoms with Gasteiger partial charge in [-0.15, -0.1) is 0 Å². The molecule has 6 heteroatoms. The van der Waals surface area contributed by atoms with E-state index in [-0.39, 0.29) is 17.9 Å². The Morgan fingerprint density at radius 1 is 1.24 bits per heavy atom. The zero-order chi connectivity index (χ0) is 17.5. The molecule has 6 nitrogen and oxygen atoms in total. The van der Waals surface area contributed by atoms with Gasteiger partial charge in [-0.2, -0.15) is 0 Å². The average Bonchev–Trinajstić information content (AvgIpc) is 3.07. The molecule has 2 fully saturated rings. The quantitative estimate of drug-likeness (QED) is 0.547. The van der Waals surface area contributed by atoms with Crippen molar-refractivity contribution in [2.45, 2.75) is 44.8 Å². The Bertz CT molecular complexity index is 607. The van der Waals surface area contributed by atoms with Crippen LogP contribution in [0.3, 0.4) is 0 Å². The van der Waals surface area contributed by atoms with E-state index in [0.29, 0.717) is 6.54 Å². The van der Waals surface area contributed by atoms with Crippen molar-refractivity contribution in [1.29, 1.82) is 0 Å². The predicted octanol–water partition coefficient (Wildman–Crippen LogP) is 2.27. The van der Waals surface area contributed by atoms with Gasteiger partial charge in [-0.3, -0.25) is 9.79 Å². The Morgan fingerprint density at radius 3 is 2.80 bits per heavy atom. The van der Waals surface area contributed by atoms with Gasteiger partial charge in [0.25, 0.3) is 0 Å². The largest absolute Gasteiger partial charge is 0.376 e. The zero-order valence-electron chi connectivity index (χ0n) is 14.9. The molecule has 1 unspecified atom stereocenters. The molecular formula is C19H28N4O2. The lowest BCUT2D eigenvalue weighted by atomic mass is 9.85. The standard InChI is InChI=1S/C19H28N4O2/c1-20-19(22-13-17-9-4-10-25-17)21-12-14-5-2-8-16(11-14)23-18(24)15-6-3-7-15/h2,5,8,11,15,17H,3-4,6-7,9-10,12-13H2,1H3,(H,23,24)(H2,20,21,22). The Hall–Kier alpha value is -2.08. The third-order valence-electron chi connectivity index (χ3n) is 4.88. The predicted molar refractivity (Wildman–Crippen MR) is 99.6 cm³/mol. The van der Waals surface area contributed by atoms with E-state index < -0.39 is 0 Å². The summed E-state index contributed by atoms with van der Waals surface area (Å²) in [6, 6.07) is 7.96. The topological polar surface area (TPSA) is 74.8 Å². The number of rotatable bonds is 6. The number of carbonyl (C=O) groups is 1. The summed E-state index contributed by atoms with van der Waals surface area (Å²) in [6.07, 6.45) is 5.72. The van der Waals surface area contributed by atoms with Gasteiger partial charge in [0.2, 0.25) is 5.91 Å². The molecule has 3 rings (SSSR count). The lowest BCUT2D eigenvalue weighted by Crippen LogP contribution is -2.40. The van der Waals surface area contributed by atoms with Gasteiger partial charge in [0.15, 0.2) is 5.96 Å². The van der Waals surface area contributed by atoms with Gasteiger partial charge < -0.3 is 20.7 Å². The maximum Gasteiger partial charge on any atom is 0.227 e. The second-order valence-electron chi connectivity index (χ2n) is 6.76. The summed E-state index contributed by atoms with van der Waals surface area (Å²) in [6.45, 7) is 2.28. The lowest BCUT2D eigenvalue weighted by molar-refractivity contribution is -0.122. The first-order valence-corrected chi connectivity index (χ1v) is 9.20. The maximum atomic E-state index is 12.1. The van der Waals surface area contributed by atoms with Crippen molar-refractivity contribution in [1.82, 2.24) is 10.6 Å². The minimum absolute atomic E-state index is 0.144. The Balaban J connectivity index is 1.46. The van der Waals surface area contributed by atoms with E-state index in [2.05, 4.69) is 20.9 Å². The monoisotopic (exact) mass is 344 g/mol. The summed E-state index contributed by atoms with van der Waals surface area (Å²) < 4.78 is 5.61. The molecule has 0 radical (unpaired) electrons. The zero-order valence-corrected chi connectivity index (χ0v) is 14.9. The van der Waals surface area contributed by atoms with Crippen LogP contribution in [-0.2, 0) is 16.1 Å². The second kappa shape index (κ2) is 8.85. The van der Waals surface area contributed by atoms with Crippen molar-refractivity contribution in [2.24, 2.45) is 10.9 Å². The van der Waals surface area contributed by atoms with E-state index in [4.69, 9.17) is 4.74 Å². The van der Waals surface area contributed by atoms with E-state index in [0.717, 1.165) is 56.0 Å². The number of aliphatic imine (C=N–C) groups is 1. The fraction of sp³-hybridized carbons (Fsp3) is 0.579. The van der Waals surface area contributed by atoms with Crippen LogP contribution in [0.5, 0.6) is 0 Å². The molecule has 0 aromatic heterocycles. The van der Waals surface area contributed by atoms with Crippen molar-refractivity contribution in [3.63, 3.8) is 0 Å². The fourth-order valence-corrected chi connectivity index (χ4v) is 3.10. The van der Waals surface area contributed by atoms with E-state index in [9.17, 15) is 4.79 Å². The van der Waals surface area contributed by atoms with E-state index in [1.807, 2.05) is 24.3 Å². The number of amides is 1. The number of nitrogens with zero attached hydrogens (tertiary/aromatic N) is 1. The van der Waals surface area contributed by atoms with Gasteiger partial charge in [-0.1, -0.05) is 18.6 Å². The number of guanidine groups is 1. The van der Waals surface area contributed by atoms with Gasteiger partial charge in [0, 0.05) is 38.3 Å². The van der Waals surface area contributed by atoms with Crippen molar-refractivity contribution >= 4 is 17.6 Å². The number of hydrogen-bond acceptors (Lipinski definition) is 3. The Morgan fingerprint density at radius 2 is 2.12 bits per heavy atom. The number of carbonyl (C=O) groups excluding carboxylic acids is 1. The van der Waals surface area contributed by atoms with Gasteiger partial charge in [-0.05, 0) is 43.4 Å². The molecule has 2 aliphatic rings. The summed E-state index contributed by atoms with van der Waals surface area (Å²) in [5, 5.41) is 9.63. The fourth-order valence-electron chi connectivity index (χ4n) is 3.10.